The van der Waals surface area contributed by atoms with Crippen molar-refractivity contribution in [3.05, 3.63) is 296 Å². The number of pyridine rings is 2. The third-order valence-corrected chi connectivity index (χ3v) is 20.5. The molecule has 10 aromatic carbocycles. The van der Waals surface area contributed by atoms with Crippen LogP contribution < -0.4 is 97.7 Å². The number of hydrogen-bond acceptors (Lipinski definition) is 21. The first-order valence-electron chi connectivity index (χ1n) is 42.3. The molecule has 5 amide bonds. The molecule has 4 aliphatic rings. The second kappa shape index (κ2) is 53.6. The van der Waals surface area contributed by atoms with E-state index in [1.807, 2.05) is 121 Å². The molecule has 16 rings (SSSR count). The molecule has 12 aromatic rings. The summed E-state index contributed by atoms with van der Waals surface area (Å²) in [6, 6.07) is 77.7. The van der Waals surface area contributed by atoms with E-state index in [-0.39, 0.29) is 122 Å². The van der Waals surface area contributed by atoms with Crippen LogP contribution in [0.25, 0.3) is 21.8 Å². The van der Waals surface area contributed by atoms with Crippen molar-refractivity contribution in [1.82, 2.24) is 9.97 Å². The Morgan fingerprint density at radius 3 is 1.26 bits per heavy atom. The van der Waals surface area contributed by atoms with Gasteiger partial charge in [0.25, 0.3) is 29.5 Å². The number of aliphatic carboxylic acids is 1. The largest absolute Gasteiger partial charge is 1.00 e. The summed E-state index contributed by atoms with van der Waals surface area (Å²) >= 11 is 9.55. The van der Waals surface area contributed by atoms with E-state index in [0.717, 1.165) is 28.5 Å². The number of nitrogen functional groups attached to an aromatic ring is 1. The number of benzene rings is 10. The zero-order valence-electron chi connectivity index (χ0n) is 77.4. The third kappa shape index (κ3) is 33.1. The molecule has 2 unspecified atom stereocenters. The van der Waals surface area contributed by atoms with E-state index in [1.54, 1.807) is 121 Å². The molecule has 4 aliphatic heterocycles. The number of aromatic nitrogens is 2. The number of carbonyl (C=O) groups excluding carboxylic acids is 7. The van der Waals surface area contributed by atoms with Gasteiger partial charge in [0.2, 0.25) is 11.3 Å². The van der Waals surface area contributed by atoms with Crippen LogP contribution in [0.1, 0.15) is 79.0 Å². The van der Waals surface area contributed by atoms with E-state index < -0.39 is 52.8 Å². The molecular formula is C102H109Cl2F2Li2N9O17. The number of nitrogens with one attached hydrogen (secondary N) is 2. The summed E-state index contributed by atoms with van der Waals surface area (Å²) in [7, 11) is 3.15. The molecule has 0 spiro atoms. The van der Waals surface area contributed by atoms with Crippen LogP contribution in [0.15, 0.2) is 261 Å². The molecule has 4 saturated heterocycles. The number of alkyl halides is 1. The summed E-state index contributed by atoms with van der Waals surface area (Å²) in [5.41, 5.74) is 16.2. The van der Waals surface area contributed by atoms with E-state index in [4.69, 9.17) is 71.9 Å². The van der Waals surface area contributed by atoms with E-state index >= 15 is 0 Å². The Kier molecular flexibility index (Phi) is 43.5. The van der Waals surface area contributed by atoms with Gasteiger partial charge in [-0.15, -0.1) is 11.6 Å². The Hall–Kier alpha value is -12.3. The number of carboxylic acid groups (broad SMARTS) is 1. The predicted molar refractivity (Wildman–Crippen MR) is 509 cm³/mol. The number of aliphatic hydroxyl groups excluding tert-OH is 1. The van der Waals surface area contributed by atoms with Crippen molar-refractivity contribution in [1.29, 1.82) is 0 Å². The van der Waals surface area contributed by atoms with Crippen molar-refractivity contribution in [3.8, 4) is 34.5 Å². The number of carbonyl (C=O) groups is 7. The third-order valence-electron chi connectivity index (χ3n) is 20.0. The van der Waals surface area contributed by atoms with Crippen LogP contribution in [-0.4, -0.2) is 167 Å². The van der Waals surface area contributed by atoms with Crippen molar-refractivity contribution < 1.29 is 128 Å². The van der Waals surface area contributed by atoms with E-state index in [0.29, 0.717) is 102 Å². The molecule has 26 nitrogen and oxygen atoms in total. The Morgan fingerprint density at radius 2 is 0.888 bits per heavy atom. The normalized spacial score (nSPS) is 14.6. The van der Waals surface area contributed by atoms with Crippen LogP contribution in [-0.2, 0) is 68.8 Å². The Balaban J connectivity index is 0.000000219. The molecule has 2 atom stereocenters. The van der Waals surface area contributed by atoms with Crippen LogP contribution in [0.2, 0.25) is 0 Å². The van der Waals surface area contributed by atoms with Gasteiger partial charge in [-0.2, -0.15) is 34.9 Å². The van der Waals surface area contributed by atoms with Gasteiger partial charge in [-0.05, 0) is 149 Å². The average molecular weight is 1860 g/mol. The van der Waals surface area contributed by atoms with Gasteiger partial charge in [-0.3, -0.25) is 38.7 Å². The molecule has 0 bridgehead atoms. The molecule has 32 heteroatoms. The Morgan fingerprint density at radius 1 is 0.500 bits per heavy atom. The standard InChI is InChI=1S/C27H22FN3O5.C18H29.C16H13FN2O2.C11H11NO4.2C10H11NO2.C8H11NO.C2H2Cl2O.2Li/c1-34-19-8-9-20-22(16-19)29-12-11-23(20)36-24-10-7-17(15-21(24)28)30-26(32)25-27(33)31(13-14-35-25)18-5-3-2-4-6-18;1-16(2,3)13-10-14(17(4,5)6)12-15(11-13)18(7,8)9;1-20-11-3-4-12-14(9-11)19-7-6-15(12)21-16-5-2-10(18)8-13(16)17;13-10-9(11(14)15)16-7-6-12(10)8-4-2-1-3-5-8;2*12-10-8-13-7-6-11(10)9-4-2-1-3-5-9;10-7-6-9-8-4-2-1-3-5-8;3-1-2(4)5;;/h2-12,15-16,25H,13-14H2,1H3,(H,30,32);10-11H,1-9H3;2-9H,18H2,1H3;1-5,9H,6-7H2,(H,14,15);2*1-5H,6-8H2;1-5,9-10H,6-7H2;1H2;;/q;-1;;;;;;;2*+1/p-1. The van der Waals surface area contributed by atoms with Crippen LogP contribution >= 0.6 is 23.2 Å². The van der Waals surface area contributed by atoms with Crippen molar-refractivity contribution in [2.45, 2.75) is 90.8 Å². The number of methoxy groups -OCH3 is 2. The first-order valence-corrected chi connectivity index (χ1v) is 43.2. The van der Waals surface area contributed by atoms with Crippen molar-refractivity contribution >= 4 is 126 Å². The number of nitrogens with two attached hydrogens (primary N) is 1. The Bertz CT molecular complexity index is 5660. The molecule has 134 heavy (non-hydrogen) atoms. The summed E-state index contributed by atoms with van der Waals surface area (Å²) in [5.74, 6) is -2.08. The summed E-state index contributed by atoms with van der Waals surface area (Å²) in [6.07, 6.45) is 0.336. The van der Waals surface area contributed by atoms with Crippen molar-refractivity contribution in [2.24, 2.45) is 0 Å². The fourth-order valence-electron chi connectivity index (χ4n) is 13.0. The maximum absolute atomic E-state index is 14.9. The number of carboxylic acids is 1. The van der Waals surface area contributed by atoms with Gasteiger partial charge in [-0.1, -0.05) is 153 Å². The SMILES string of the molecule is CC(C)(C)c1[c-]c(C(C)(C)C)cc(C(C)(C)C)c1.COc1ccc2c(Oc3ccc(N)cc3F)ccnc2c1.COc1ccc2c(Oc3ccc(NC(=O)C4OCCN(c5ccccc5)C4=O)cc3F)ccnc2c1.O=C(Cl)CCl.O=C([O-])C1OCCN(c2ccccc2)C1=O.O=C1COCCN1c1ccccc1.O=C1COCCN1c1ccccc1.OCCNc1ccccc1.[Li+].[Li+]. The smallest absolute Gasteiger partial charge is 0.547 e. The molecule has 694 valence electrons. The van der Waals surface area contributed by atoms with Crippen LogP contribution in [0.5, 0.6) is 34.5 Å². The van der Waals surface area contributed by atoms with Gasteiger partial charge >= 0.3 is 37.7 Å². The minimum atomic E-state index is -1.49. The zero-order chi connectivity index (χ0) is 95.5. The second-order valence-electron chi connectivity index (χ2n) is 32.7. The maximum Gasteiger partial charge on any atom is 1.00 e. The zero-order valence-corrected chi connectivity index (χ0v) is 78.9. The van der Waals surface area contributed by atoms with Crippen LogP contribution in [0.4, 0.5) is 48.6 Å². The summed E-state index contributed by atoms with van der Waals surface area (Å²) in [5, 5.41) is 25.7. The van der Waals surface area contributed by atoms with E-state index in [9.17, 15) is 47.4 Å². The number of ether oxygens (including phenoxy) is 8. The van der Waals surface area contributed by atoms with Gasteiger partial charge in [0.1, 0.15) is 36.2 Å². The van der Waals surface area contributed by atoms with Gasteiger partial charge in [0.15, 0.2) is 29.2 Å². The quantitative estimate of drug-likeness (QED) is 0.0164. The number of para-hydroxylation sites is 5. The molecular weight excluding hydrogens is 1750 g/mol. The minimum absolute atomic E-state index is 0. The first-order chi connectivity index (χ1) is 63.2. The van der Waals surface area contributed by atoms with Gasteiger partial charge in [0.05, 0.1) is 70.1 Å². The number of aliphatic hydroxyl groups is 1. The number of anilines is 7. The fourth-order valence-corrected chi connectivity index (χ4v) is 13.0. The Labute approximate surface area is 814 Å². The molecule has 2 aromatic heterocycles. The molecule has 5 N–H and O–H groups in total. The maximum atomic E-state index is 14.9. The first kappa shape index (κ1) is 109. The molecule has 4 fully saturated rings. The van der Waals surface area contributed by atoms with Gasteiger partial charge in [-0.25, -0.2) is 8.78 Å². The van der Waals surface area contributed by atoms with Crippen molar-refractivity contribution in [3.63, 3.8) is 0 Å². The van der Waals surface area contributed by atoms with Crippen LogP contribution in [0.3, 0.4) is 0 Å². The molecule has 0 radical (unpaired) electrons. The summed E-state index contributed by atoms with van der Waals surface area (Å²) in [4.78, 5) is 95.2. The topological polar surface area (TPSA) is 325 Å². The van der Waals surface area contributed by atoms with Gasteiger partial charge < -0.3 is 88.9 Å². The number of nitrogens with zero attached hydrogens (tertiary/aromatic N) is 6. The monoisotopic (exact) mass is 1850 g/mol. The number of halogens is 4. The minimum Gasteiger partial charge on any atom is -0.547 e. The molecule has 6 heterocycles. The molecule has 0 saturated carbocycles. The second-order valence-corrected chi connectivity index (χ2v) is 33.4. The summed E-state index contributed by atoms with van der Waals surface area (Å²) in [6.45, 7) is 25.3. The molecule has 0 aliphatic carbocycles. The number of amides is 5. The number of rotatable bonds is 17. The van der Waals surface area contributed by atoms with Crippen LogP contribution in [0, 0.1) is 17.7 Å². The average Bonchev–Trinajstić information content (AvgIpc) is 0.697. The summed E-state index contributed by atoms with van der Waals surface area (Å²) < 4.78 is 70.9. The number of morpholine rings is 4. The van der Waals surface area contributed by atoms with Crippen molar-refractivity contribution in [2.75, 3.05) is 135 Å². The fraction of sp³-hybridized carbons (Fsp3) is 0.284. The van der Waals surface area contributed by atoms with E-state index in [1.165, 1.54) is 50.8 Å². The number of fused-ring (bicyclic) bond motifs is 2. The predicted octanol–water partition coefficient (Wildman–Crippen LogP) is 11.0. The van der Waals surface area contributed by atoms with Gasteiger partial charge in [0, 0.05) is 120 Å². The van der Waals surface area contributed by atoms with E-state index in [2.05, 4.69) is 101 Å². The number of hydrogen-bond donors (Lipinski definition) is 4.